The molecule has 0 bridgehead atoms. The number of halogens is 1. The SMILES string of the molecule is Cc1ccc(N2C(=O)S/C(=C\c3ccccc3F)C2=O)cc1. The van der Waals surface area contributed by atoms with Crippen molar-refractivity contribution in [1.82, 2.24) is 0 Å². The molecular weight excluding hydrogens is 301 g/mol. The van der Waals surface area contributed by atoms with Gasteiger partial charge in [0.1, 0.15) is 5.82 Å². The van der Waals surface area contributed by atoms with Crippen LogP contribution in [0.2, 0.25) is 0 Å². The standard InChI is InChI=1S/C17H12FNO2S/c1-11-6-8-13(9-7-11)19-16(20)15(22-17(19)21)10-12-4-2-3-5-14(12)18/h2-10H,1H3/b15-10-. The van der Waals surface area contributed by atoms with Gasteiger partial charge in [0, 0.05) is 5.56 Å². The monoisotopic (exact) mass is 313 g/mol. The van der Waals surface area contributed by atoms with Gasteiger partial charge in [0.15, 0.2) is 0 Å². The van der Waals surface area contributed by atoms with Crippen LogP contribution in [0.25, 0.3) is 6.08 Å². The first kappa shape index (κ1) is 14.5. The van der Waals surface area contributed by atoms with E-state index < -0.39 is 11.7 Å². The van der Waals surface area contributed by atoms with E-state index in [1.54, 1.807) is 30.3 Å². The second kappa shape index (κ2) is 5.77. The Balaban J connectivity index is 1.95. The number of hydrogen-bond donors (Lipinski definition) is 0. The molecule has 2 amide bonds. The van der Waals surface area contributed by atoms with Crippen molar-refractivity contribution in [1.29, 1.82) is 0 Å². The Kier molecular flexibility index (Phi) is 3.81. The normalized spacial score (nSPS) is 16.6. The van der Waals surface area contributed by atoms with Crippen molar-refractivity contribution in [2.75, 3.05) is 4.90 Å². The number of anilines is 1. The first-order valence-electron chi connectivity index (χ1n) is 6.65. The quantitative estimate of drug-likeness (QED) is 0.772. The maximum atomic E-state index is 13.7. The van der Waals surface area contributed by atoms with Crippen molar-refractivity contribution in [3.05, 3.63) is 70.4 Å². The third kappa shape index (κ3) is 2.67. The van der Waals surface area contributed by atoms with Crippen LogP contribution in [0.3, 0.4) is 0 Å². The Morgan fingerprint density at radius 2 is 1.73 bits per heavy atom. The molecule has 1 aliphatic rings. The molecule has 3 nitrogen and oxygen atoms in total. The number of imide groups is 1. The van der Waals surface area contributed by atoms with E-state index in [2.05, 4.69) is 0 Å². The van der Waals surface area contributed by atoms with Crippen molar-refractivity contribution in [2.24, 2.45) is 0 Å². The molecule has 0 aromatic heterocycles. The number of rotatable bonds is 2. The maximum Gasteiger partial charge on any atom is 0.298 e. The summed E-state index contributed by atoms with van der Waals surface area (Å²) < 4.78 is 13.7. The Morgan fingerprint density at radius 3 is 2.41 bits per heavy atom. The highest BCUT2D eigenvalue weighted by Gasteiger charge is 2.36. The van der Waals surface area contributed by atoms with Crippen LogP contribution < -0.4 is 4.90 Å². The lowest BCUT2D eigenvalue weighted by atomic mass is 10.2. The van der Waals surface area contributed by atoms with Crippen LogP contribution in [-0.4, -0.2) is 11.1 Å². The largest absolute Gasteiger partial charge is 0.298 e. The zero-order valence-electron chi connectivity index (χ0n) is 11.7. The molecular formula is C17H12FNO2S. The molecule has 22 heavy (non-hydrogen) atoms. The summed E-state index contributed by atoms with van der Waals surface area (Å²) >= 11 is 0.816. The van der Waals surface area contributed by atoms with Crippen molar-refractivity contribution < 1.29 is 14.0 Å². The van der Waals surface area contributed by atoms with Crippen molar-refractivity contribution >= 4 is 34.7 Å². The Bertz CT molecular complexity index is 784. The van der Waals surface area contributed by atoms with E-state index in [0.717, 1.165) is 22.2 Å². The number of carbonyl (C=O) groups is 2. The van der Waals surface area contributed by atoms with E-state index in [1.165, 1.54) is 12.1 Å². The minimum absolute atomic E-state index is 0.218. The van der Waals surface area contributed by atoms with Gasteiger partial charge in [-0.25, -0.2) is 9.29 Å². The van der Waals surface area contributed by atoms with Gasteiger partial charge in [-0.05, 0) is 43.0 Å². The number of amides is 2. The second-order valence-corrected chi connectivity index (χ2v) is 5.87. The summed E-state index contributed by atoms with van der Waals surface area (Å²) in [4.78, 5) is 25.8. The predicted molar refractivity (Wildman–Crippen MR) is 86.0 cm³/mol. The first-order valence-corrected chi connectivity index (χ1v) is 7.47. The molecule has 1 aliphatic heterocycles. The highest BCUT2D eigenvalue weighted by molar-refractivity contribution is 8.19. The van der Waals surface area contributed by atoms with Crippen molar-refractivity contribution in [3.63, 3.8) is 0 Å². The highest BCUT2D eigenvalue weighted by atomic mass is 32.2. The number of aryl methyl sites for hydroxylation is 1. The van der Waals surface area contributed by atoms with Gasteiger partial charge in [0.05, 0.1) is 10.6 Å². The molecule has 0 saturated carbocycles. The van der Waals surface area contributed by atoms with Crippen LogP contribution in [0, 0.1) is 12.7 Å². The molecule has 0 aliphatic carbocycles. The average Bonchev–Trinajstić information content (AvgIpc) is 2.77. The summed E-state index contributed by atoms with van der Waals surface area (Å²) in [5, 5.41) is -0.378. The molecule has 0 unspecified atom stereocenters. The van der Waals surface area contributed by atoms with Crippen LogP contribution in [0.15, 0.2) is 53.4 Å². The molecule has 2 aromatic carbocycles. The number of hydrogen-bond acceptors (Lipinski definition) is 3. The third-order valence-corrected chi connectivity index (χ3v) is 4.15. The lowest BCUT2D eigenvalue weighted by Gasteiger charge is -2.12. The molecule has 1 heterocycles. The average molecular weight is 313 g/mol. The van der Waals surface area contributed by atoms with Gasteiger partial charge >= 0.3 is 0 Å². The van der Waals surface area contributed by atoms with Crippen molar-refractivity contribution in [3.8, 4) is 0 Å². The highest BCUT2D eigenvalue weighted by Crippen LogP contribution is 2.35. The predicted octanol–water partition coefficient (Wildman–Crippen LogP) is 4.38. The van der Waals surface area contributed by atoms with E-state index in [9.17, 15) is 14.0 Å². The van der Waals surface area contributed by atoms with E-state index in [4.69, 9.17) is 0 Å². The van der Waals surface area contributed by atoms with Gasteiger partial charge in [-0.2, -0.15) is 0 Å². The number of carbonyl (C=O) groups excluding carboxylic acids is 2. The fraction of sp³-hybridized carbons (Fsp3) is 0.0588. The summed E-state index contributed by atoms with van der Waals surface area (Å²) in [6, 6.07) is 13.2. The minimum atomic E-state index is -0.429. The molecule has 1 fully saturated rings. The van der Waals surface area contributed by atoms with Gasteiger partial charge < -0.3 is 0 Å². The molecule has 0 atom stereocenters. The van der Waals surface area contributed by atoms with Crippen molar-refractivity contribution in [2.45, 2.75) is 6.92 Å². The van der Waals surface area contributed by atoms with E-state index in [0.29, 0.717) is 5.69 Å². The van der Waals surface area contributed by atoms with Crippen LogP contribution in [0.4, 0.5) is 14.9 Å². The topological polar surface area (TPSA) is 37.4 Å². The Morgan fingerprint density at radius 1 is 1.05 bits per heavy atom. The number of nitrogens with zero attached hydrogens (tertiary/aromatic N) is 1. The molecule has 2 aromatic rings. The van der Waals surface area contributed by atoms with Crippen LogP contribution >= 0.6 is 11.8 Å². The zero-order valence-corrected chi connectivity index (χ0v) is 12.6. The third-order valence-electron chi connectivity index (χ3n) is 3.28. The maximum absolute atomic E-state index is 13.7. The molecule has 0 N–H and O–H groups in total. The molecule has 3 rings (SSSR count). The van der Waals surface area contributed by atoms with Crippen LogP contribution in [-0.2, 0) is 4.79 Å². The molecule has 0 radical (unpaired) electrons. The fourth-order valence-electron chi connectivity index (χ4n) is 2.12. The molecule has 5 heteroatoms. The van der Waals surface area contributed by atoms with E-state index in [-0.39, 0.29) is 15.7 Å². The van der Waals surface area contributed by atoms with E-state index in [1.807, 2.05) is 19.1 Å². The summed E-state index contributed by atoms with van der Waals surface area (Å²) in [6.45, 7) is 1.93. The second-order valence-electron chi connectivity index (χ2n) is 4.87. The molecule has 110 valence electrons. The molecule has 0 spiro atoms. The van der Waals surface area contributed by atoms with Gasteiger partial charge in [-0.3, -0.25) is 9.59 Å². The fourth-order valence-corrected chi connectivity index (χ4v) is 2.95. The summed E-state index contributed by atoms with van der Waals surface area (Å²) in [5.41, 5.74) is 1.85. The molecule has 1 saturated heterocycles. The number of benzene rings is 2. The van der Waals surface area contributed by atoms with Crippen LogP contribution in [0.5, 0.6) is 0 Å². The minimum Gasteiger partial charge on any atom is -0.268 e. The smallest absolute Gasteiger partial charge is 0.268 e. The zero-order chi connectivity index (χ0) is 15.7. The van der Waals surface area contributed by atoms with Gasteiger partial charge in [-0.15, -0.1) is 0 Å². The summed E-state index contributed by atoms with van der Waals surface area (Å²) in [6.07, 6.45) is 1.41. The van der Waals surface area contributed by atoms with Gasteiger partial charge in [-0.1, -0.05) is 35.9 Å². The Labute approximate surface area is 131 Å². The lowest BCUT2D eigenvalue weighted by molar-refractivity contribution is -0.113. The lowest BCUT2D eigenvalue weighted by Crippen LogP contribution is -2.27. The van der Waals surface area contributed by atoms with E-state index >= 15 is 0 Å². The first-order chi connectivity index (χ1) is 10.6. The number of thioether (sulfide) groups is 1. The summed E-state index contributed by atoms with van der Waals surface area (Å²) in [5.74, 6) is -0.855. The van der Waals surface area contributed by atoms with Gasteiger partial charge in [0.2, 0.25) is 0 Å². The Hall–Kier alpha value is -2.40. The summed E-state index contributed by atoms with van der Waals surface area (Å²) in [7, 11) is 0. The van der Waals surface area contributed by atoms with Gasteiger partial charge in [0.25, 0.3) is 11.1 Å². The van der Waals surface area contributed by atoms with Crippen LogP contribution in [0.1, 0.15) is 11.1 Å².